The second-order valence-corrected chi connectivity index (χ2v) is 8.36. The number of anilines is 1. The lowest BCUT2D eigenvalue weighted by Crippen LogP contribution is -2.31. The highest BCUT2D eigenvalue weighted by Gasteiger charge is 2.16. The normalized spacial score (nSPS) is 14.5. The van der Waals surface area contributed by atoms with Gasteiger partial charge in [0.15, 0.2) is 0 Å². The highest BCUT2D eigenvalue weighted by molar-refractivity contribution is 8.00. The molecule has 0 unspecified atom stereocenters. The summed E-state index contributed by atoms with van der Waals surface area (Å²) in [6.07, 6.45) is 7.73. The van der Waals surface area contributed by atoms with Crippen LogP contribution in [0.5, 0.6) is 0 Å². The number of thioether (sulfide) groups is 1. The quantitative estimate of drug-likeness (QED) is 0.636. The van der Waals surface area contributed by atoms with Gasteiger partial charge >= 0.3 is 0 Å². The molecular formula is C21H24ClN3O2S. The fourth-order valence-corrected chi connectivity index (χ4v) is 4.25. The Morgan fingerprint density at radius 3 is 2.64 bits per heavy atom. The largest absolute Gasteiger partial charge is 0.355 e. The van der Waals surface area contributed by atoms with Crippen molar-refractivity contribution in [2.24, 2.45) is 5.92 Å². The van der Waals surface area contributed by atoms with Crippen LogP contribution in [0, 0.1) is 5.92 Å². The summed E-state index contributed by atoms with van der Waals surface area (Å²) in [6, 6.07) is 10.6. The lowest BCUT2D eigenvalue weighted by atomic mass is 9.89. The van der Waals surface area contributed by atoms with Crippen molar-refractivity contribution in [2.75, 3.05) is 17.6 Å². The van der Waals surface area contributed by atoms with Crippen molar-refractivity contribution in [3.05, 3.63) is 53.2 Å². The van der Waals surface area contributed by atoms with Crippen LogP contribution in [0.3, 0.4) is 0 Å². The van der Waals surface area contributed by atoms with E-state index in [4.69, 9.17) is 11.6 Å². The summed E-state index contributed by atoms with van der Waals surface area (Å²) in [5.41, 5.74) is 0.518. The van der Waals surface area contributed by atoms with Crippen molar-refractivity contribution in [3.8, 4) is 0 Å². The molecule has 2 amide bonds. The smallest absolute Gasteiger partial charge is 0.257 e. The van der Waals surface area contributed by atoms with Crippen molar-refractivity contribution in [1.29, 1.82) is 0 Å². The van der Waals surface area contributed by atoms with Crippen LogP contribution in [-0.4, -0.2) is 29.1 Å². The van der Waals surface area contributed by atoms with Crippen LogP contribution in [0.25, 0.3) is 0 Å². The van der Waals surface area contributed by atoms with Gasteiger partial charge in [-0.2, -0.15) is 0 Å². The average molecular weight is 418 g/mol. The highest BCUT2D eigenvalue weighted by atomic mass is 35.5. The lowest BCUT2D eigenvalue weighted by Gasteiger charge is -2.21. The van der Waals surface area contributed by atoms with Gasteiger partial charge in [0, 0.05) is 17.6 Å². The molecule has 1 heterocycles. The molecule has 0 aliphatic heterocycles. The van der Waals surface area contributed by atoms with Gasteiger partial charge in [-0.05, 0) is 43.0 Å². The summed E-state index contributed by atoms with van der Waals surface area (Å²) in [4.78, 5) is 29.7. The average Bonchev–Trinajstić information content (AvgIpc) is 2.73. The maximum Gasteiger partial charge on any atom is 0.257 e. The number of carbonyl (C=O) groups excluding carboxylic acids is 2. The summed E-state index contributed by atoms with van der Waals surface area (Å²) in [6.45, 7) is 0.754. The summed E-state index contributed by atoms with van der Waals surface area (Å²) < 4.78 is 0. The van der Waals surface area contributed by atoms with Crippen LogP contribution in [0.1, 0.15) is 42.5 Å². The number of carbonyl (C=O) groups is 2. The molecule has 3 rings (SSSR count). The SMILES string of the molecule is O=C(CSc1ccccc1C(=O)Nc1ccc(Cl)cn1)NCC1CCCCC1. The molecule has 0 spiro atoms. The Hall–Kier alpha value is -2.05. The minimum absolute atomic E-state index is 0.00477. The van der Waals surface area contributed by atoms with Crippen LogP contribution in [0.15, 0.2) is 47.5 Å². The van der Waals surface area contributed by atoms with Gasteiger partial charge in [0.25, 0.3) is 5.91 Å². The summed E-state index contributed by atoms with van der Waals surface area (Å²) >= 11 is 7.19. The number of nitrogens with one attached hydrogen (secondary N) is 2. The number of hydrogen-bond acceptors (Lipinski definition) is 4. The zero-order valence-corrected chi connectivity index (χ0v) is 17.2. The van der Waals surface area contributed by atoms with Crippen LogP contribution in [0.4, 0.5) is 5.82 Å². The minimum Gasteiger partial charge on any atom is -0.355 e. The maximum absolute atomic E-state index is 12.6. The molecule has 28 heavy (non-hydrogen) atoms. The lowest BCUT2D eigenvalue weighted by molar-refractivity contribution is -0.118. The molecule has 2 aromatic rings. The third-order valence-electron chi connectivity index (χ3n) is 4.77. The molecule has 0 atom stereocenters. The van der Waals surface area contributed by atoms with E-state index in [-0.39, 0.29) is 17.6 Å². The molecule has 1 aromatic carbocycles. The molecule has 7 heteroatoms. The van der Waals surface area contributed by atoms with E-state index >= 15 is 0 Å². The van der Waals surface area contributed by atoms with Crippen LogP contribution < -0.4 is 10.6 Å². The van der Waals surface area contributed by atoms with Gasteiger partial charge in [-0.25, -0.2) is 4.98 Å². The molecule has 1 fully saturated rings. The molecule has 1 aromatic heterocycles. The number of benzene rings is 1. The third kappa shape index (κ3) is 6.24. The first-order valence-electron chi connectivity index (χ1n) is 9.53. The fraction of sp³-hybridized carbons (Fsp3) is 0.381. The van der Waals surface area contributed by atoms with E-state index in [0.717, 1.165) is 11.4 Å². The monoisotopic (exact) mass is 417 g/mol. The van der Waals surface area contributed by atoms with Gasteiger partial charge < -0.3 is 10.6 Å². The van der Waals surface area contributed by atoms with E-state index in [9.17, 15) is 9.59 Å². The molecule has 5 nitrogen and oxygen atoms in total. The Bertz CT molecular complexity index is 808. The summed E-state index contributed by atoms with van der Waals surface area (Å²) in [5.74, 6) is 1.06. The van der Waals surface area contributed by atoms with Crippen molar-refractivity contribution < 1.29 is 9.59 Å². The maximum atomic E-state index is 12.6. The second kappa shape index (κ2) is 10.5. The molecule has 148 valence electrons. The predicted octanol–water partition coefficient (Wildman–Crippen LogP) is 4.78. The van der Waals surface area contributed by atoms with Crippen molar-refractivity contribution in [1.82, 2.24) is 10.3 Å². The number of hydrogen-bond donors (Lipinski definition) is 2. The predicted molar refractivity (Wildman–Crippen MR) is 114 cm³/mol. The number of rotatable bonds is 7. The third-order valence-corrected chi connectivity index (χ3v) is 6.07. The molecule has 1 saturated carbocycles. The van der Waals surface area contributed by atoms with E-state index < -0.39 is 0 Å². The van der Waals surface area contributed by atoms with Crippen molar-refractivity contribution in [3.63, 3.8) is 0 Å². The number of nitrogens with zero attached hydrogens (tertiary/aromatic N) is 1. The molecule has 1 aliphatic carbocycles. The Morgan fingerprint density at radius 1 is 1.11 bits per heavy atom. The van der Waals surface area contributed by atoms with E-state index in [1.54, 1.807) is 24.3 Å². The van der Waals surface area contributed by atoms with Crippen LogP contribution in [-0.2, 0) is 4.79 Å². The summed E-state index contributed by atoms with van der Waals surface area (Å²) in [7, 11) is 0. The van der Waals surface area contributed by atoms with Gasteiger partial charge in [-0.1, -0.05) is 43.0 Å². The number of pyridine rings is 1. The van der Waals surface area contributed by atoms with Crippen LogP contribution in [0.2, 0.25) is 5.02 Å². The molecule has 0 radical (unpaired) electrons. The van der Waals surface area contributed by atoms with Gasteiger partial charge in [0.1, 0.15) is 5.82 Å². The van der Waals surface area contributed by atoms with Gasteiger partial charge in [-0.3, -0.25) is 9.59 Å². The number of amides is 2. The Labute approximate surface area is 174 Å². The van der Waals surface area contributed by atoms with Crippen molar-refractivity contribution in [2.45, 2.75) is 37.0 Å². The highest BCUT2D eigenvalue weighted by Crippen LogP contribution is 2.25. The standard InChI is InChI=1S/C21H24ClN3O2S/c22-16-10-11-19(23-13-16)25-21(27)17-8-4-5-9-18(17)28-14-20(26)24-12-15-6-2-1-3-7-15/h4-5,8-11,13,15H,1-3,6-7,12,14H2,(H,24,26)(H,23,25,27). The zero-order chi connectivity index (χ0) is 19.8. The van der Waals surface area contributed by atoms with E-state index in [1.165, 1.54) is 50.1 Å². The Balaban J connectivity index is 1.53. The molecular weight excluding hydrogens is 394 g/mol. The first kappa shape index (κ1) is 20.7. The molecule has 0 bridgehead atoms. The fourth-order valence-electron chi connectivity index (χ4n) is 3.26. The zero-order valence-electron chi connectivity index (χ0n) is 15.6. The first-order valence-corrected chi connectivity index (χ1v) is 10.9. The number of halogens is 1. The first-order chi connectivity index (χ1) is 13.6. The van der Waals surface area contributed by atoms with Crippen LogP contribution >= 0.6 is 23.4 Å². The van der Waals surface area contributed by atoms with Gasteiger partial charge in [-0.15, -0.1) is 11.8 Å². The Kier molecular flexibility index (Phi) is 7.74. The van der Waals surface area contributed by atoms with E-state index in [1.807, 2.05) is 12.1 Å². The Morgan fingerprint density at radius 2 is 1.89 bits per heavy atom. The van der Waals surface area contributed by atoms with Gasteiger partial charge in [0.2, 0.25) is 5.91 Å². The van der Waals surface area contributed by atoms with E-state index in [0.29, 0.717) is 22.3 Å². The number of aromatic nitrogens is 1. The van der Waals surface area contributed by atoms with Gasteiger partial charge in [0.05, 0.1) is 16.3 Å². The summed E-state index contributed by atoms with van der Waals surface area (Å²) in [5, 5.41) is 6.30. The minimum atomic E-state index is -0.263. The molecule has 0 saturated heterocycles. The molecule has 2 N–H and O–H groups in total. The molecule has 1 aliphatic rings. The van der Waals surface area contributed by atoms with Crippen molar-refractivity contribution >= 4 is 41.0 Å². The van der Waals surface area contributed by atoms with E-state index in [2.05, 4.69) is 15.6 Å². The second-order valence-electron chi connectivity index (χ2n) is 6.91. The topological polar surface area (TPSA) is 71.1 Å².